The van der Waals surface area contributed by atoms with Crippen molar-refractivity contribution >= 4 is 5.91 Å². The number of hydrogen-bond donors (Lipinski definition) is 2. The number of alkyl halides is 2. The predicted molar refractivity (Wildman–Crippen MR) is 66.8 cm³/mol. The van der Waals surface area contributed by atoms with Crippen molar-refractivity contribution < 1.29 is 18.3 Å². The smallest absolute Gasteiger partial charge is 0.261 e. The van der Waals surface area contributed by atoms with E-state index in [2.05, 4.69) is 17.6 Å². The van der Waals surface area contributed by atoms with Crippen LogP contribution in [-0.4, -0.2) is 44.7 Å². The van der Waals surface area contributed by atoms with Crippen molar-refractivity contribution in [3.63, 3.8) is 0 Å². The summed E-state index contributed by atoms with van der Waals surface area (Å²) in [6.45, 7) is 4.53. The van der Waals surface area contributed by atoms with Crippen LogP contribution in [0.15, 0.2) is 0 Å². The standard InChI is InChI=1S/C12H24F2N2O2/c1-3-4-5-6-16-12(17)10(2)15-7-8-18-9-11(13)14/h10-11,15H,3-9H2,1-2H3,(H,16,17). The summed E-state index contributed by atoms with van der Waals surface area (Å²) in [5.41, 5.74) is 0. The molecule has 18 heavy (non-hydrogen) atoms. The molecule has 108 valence electrons. The van der Waals surface area contributed by atoms with Gasteiger partial charge in [-0.3, -0.25) is 4.79 Å². The number of amides is 1. The molecule has 0 aromatic carbocycles. The van der Waals surface area contributed by atoms with Gasteiger partial charge in [0.1, 0.15) is 6.61 Å². The zero-order valence-electron chi connectivity index (χ0n) is 11.2. The van der Waals surface area contributed by atoms with E-state index in [4.69, 9.17) is 4.74 Å². The van der Waals surface area contributed by atoms with Crippen LogP contribution < -0.4 is 10.6 Å². The lowest BCUT2D eigenvalue weighted by atomic mass is 10.2. The Hall–Kier alpha value is -0.750. The van der Waals surface area contributed by atoms with Crippen LogP contribution in [0.3, 0.4) is 0 Å². The Morgan fingerprint density at radius 3 is 2.61 bits per heavy atom. The SMILES string of the molecule is CCCCCNC(=O)C(C)NCCOCC(F)F. The van der Waals surface area contributed by atoms with Gasteiger partial charge in [0.25, 0.3) is 6.43 Å². The second-order valence-electron chi connectivity index (χ2n) is 4.14. The molecule has 1 amide bonds. The van der Waals surface area contributed by atoms with Crippen molar-refractivity contribution in [3.8, 4) is 0 Å². The number of carbonyl (C=O) groups excluding carboxylic acids is 1. The minimum Gasteiger partial charge on any atom is -0.374 e. The first-order chi connectivity index (χ1) is 8.57. The summed E-state index contributed by atoms with van der Waals surface area (Å²) in [6.07, 6.45) is 0.755. The molecule has 0 saturated carbocycles. The lowest BCUT2D eigenvalue weighted by Crippen LogP contribution is -2.43. The minimum atomic E-state index is -2.44. The second-order valence-corrected chi connectivity index (χ2v) is 4.14. The predicted octanol–water partition coefficient (Wildman–Crippen LogP) is 1.55. The fourth-order valence-corrected chi connectivity index (χ4v) is 1.35. The fraction of sp³-hybridized carbons (Fsp3) is 0.917. The van der Waals surface area contributed by atoms with Gasteiger partial charge in [-0.15, -0.1) is 0 Å². The van der Waals surface area contributed by atoms with Crippen molar-refractivity contribution in [2.45, 2.75) is 45.6 Å². The molecule has 0 saturated heterocycles. The topological polar surface area (TPSA) is 50.4 Å². The first-order valence-corrected chi connectivity index (χ1v) is 6.45. The molecule has 0 spiro atoms. The van der Waals surface area contributed by atoms with Crippen molar-refractivity contribution in [1.82, 2.24) is 10.6 Å². The second kappa shape index (κ2) is 11.3. The van der Waals surface area contributed by atoms with E-state index in [1.165, 1.54) is 0 Å². The van der Waals surface area contributed by atoms with Crippen LogP contribution >= 0.6 is 0 Å². The lowest BCUT2D eigenvalue weighted by Gasteiger charge is -2.14. The van der Waals surface area contributed by atoms with Crippen LogP contribution in [0.4, 0.5) is 8.78 Å². The van der Waals surface area contributed by atoms with Gasteiger partial charge in [-0.05, 0) is 13.3 Å². The monoisotopic (exact) mass is 266 g/mol. The van der Waals surface area contributed by atoms with Crippen LogP contribution in [-0.2, 0) is 9.53 Å². The third kappa shape index (κ3) is 10.4. The summed E-state index contributed by atoms with van der Waals surface area (Å²) in [5, 5.41) is 5.73. The zero-order valence-corrected chi connectivity index (χ0v) is 11.2. The van der Waals surface area contributed by atoms with Crippen LogP contribution in [0.2, 0.25) is 0 Å². The molecule has 0 heterocycles. The number of halogens is 2. The van der Waals surface area contributed by atoms with Gasteiger partial charge in [0.2, 0.25) is 5.91 Å². The van der Waals surface area contributed by atoms with Gasteiger partial charge < -0.3 is 15.4 Å². The summed E-state index contributed by atoms with van der Waals surface area (Å²) in [5.74, 6) is -0.0695. The Kier molecular flexibility index (Phi) is 10.9. The molecule has 0 fully saturated rings. The maximum atomic E-state index is 11.7. The summed E-state index contributed by atoms with van der Waals surface area (Å²) < 4.78 is 28.2. The van der Waals surface area contributed by atoms with Gasteiger partial charge >= 0.3 is 0 Å². The zero-order chi connectivity index (χ0) is 13.8. The Morgan fingerprint density at radius 2 is 2.00 bits per heavy atom. The molecule has 0 bridgehead atoms. The van der Waals surface area contributed by atoms with Crippen molar-refractivity contribution in [2.24, 2.45) is 0 Å². The van der Waals surface area contributed by atoms with E-state index >= 15 is 0 Å². The van der Waals surface area contributed by atoms with Crippen LogP contribution in [0.5, 0.6) is 0 Å². The molecular formula is C12H24F2N2O2. The number of rotatable bonds is 11. The Labute approximate surface area is 107 Å². The van der Waals surface area contributed by atoms with E-state index in [-0.39, 0.29) is 18.6 Å². The average molecular weight is 266 g/mol. The molecular weight excluding hydrogens is 242 g/mol. The van der Waals surface area contributed by atoms with Gasteiger partial charge in [-0.2, -0.15) is 0 Å². The molecule has 0 aliphatic heterocycles. The van der Waals surface area contributed by atoms with E-state index in [0.29, 0.717) is 13.1 Å². The number of carbonyl (C=O) groups is 1. The fourth-order valence-electron chi connectivity index (χ4n) is 1.35. The van der Waals surface area contributed by atoms with E-state index in [1.807, 2.05) is 0 Å². The normalized spacial score (nSPS) is 12.7. The lowest BCUT2D eigenvalue weighted by molar-refractivity contribution is -0.122. The maximum absolute atomic E-state index is 11.7. The van der Waals surface area contributed by atoms with Crippen molar-refractivity contribution in [1.29, 1.82) is 0 Å². The van der Waals surface area contributed by atoms with Gasteiger partial charge in [0, 0.05) is 13.1 Å². The van der Waals surface area contributed by atoms with E-state index in [0.717, 1.165) is 19.3 Å². The Balaban J connectivity index is 3.44. The summed E-state index contributed by atoms with van der Waals surface area (Å²) in [6, 6.07) is -0.332. The van der Waals surface area contributed by atoms with Crippen LogP contribution in [0.25, 0.3) is 0 Å². The van der Waals surface area contributed by atoms with Gasteiger partial charge in [0.05, 0.1) is 12.6 Å². The molecule has 0 aliphatic carbocycles. The maximum Gasteiger partial charge on any atom is 0.261 e. The highest BCUT2D eigenvalue weighted by atomic mass is 19.3. The van der Waals surface area contributed by atoms with Gasteiger partial charge in [0.15, 0.2) is 0 Å². The van der Waals surface area contributed by atoms with E-state index in [9.17, 15) is 13.6 Å². The molecule has 1 unspecified atom stereocenters. The molecule has 2 N–H and O–H groups in total. The Bertz CT molecular complexity index is 216. The highest BCUT2D eigenvalue weighted by molar-refractivity contribution is 5.81. The van der Waals surface area contributed by atoms with E-state index < -0.39 is 13.0 Å². The molecule has 0 radical (unpaired) electrons. The molecule has 0 aliphatic rings. The Morgan fingerprint density at radius 1 is 1.28 bits per heavy atom. The third-order valence-electron chi connectivity index (χ3n) is 2.41. The molecule has 1 atom stereocenters. The average Bonchev–Trinajstić information content (AvgIpc) is 2.33. The van der Waals surface area contributed by atoms with Crippen molar-refractivity contribution in [2.75, 3.05) is 26.3 Å². The van der Waals surface area contributed by atoms with Gasteiger partial charge in [-0.25, -0.2) is 8.78 Å². The summed E-state index contributed by atoms with van der Waals surface area (Å²) >= 11 is 0. The highest BCUT2D eigenvalue weighted by Gasteiger charge is 2.10. The molecule has 0 aromatic rings. The van der Waals surface area contributed by atoms with Gasteiger partial charge in [-0.1, -0.05) is 19.8 Å². The quantitative estimate of drug-likeness (QED) is 0.558. The number of unbranched alkanes of at least 4 members (excludes halogenated alkanes) is 2. The molecule has 4 nitrogen and oxygen atoms in total. The molecule has 6 heteroatoms. The van der Waals surface area contributed by atoms with Crippen LogP contribution in [0.1, 0.15) is 33.1 Å². The van der Waals surface area contributed by atoms with Crippen LogP contribution in [0, 0.1) is 0 Å². The third-order valence-corrected chi connectivity index (χ3v) is 2.41. The first-order valence-electron chi connectivity index (χ1n) is 6.45. The van der Waals surface area contributed by atoms with Crippen molar-refractivity contribution in [3.05, 3.63) is 0 Å². The summed E-state index contributed by atoms with van der Waals surface area (Å²) in [4.78, 5) is 11.5. The molecule has 0 aromatic heterocycles. The van der Waals surface area contributed by atoms with E-state index in [1.54, 1.807) is 6.92 Å². The highest BCUT2D eigenvalue weighted by Crippen LogP contribution is 1.93. The summed E-state index contributed by atoms with van der Waals surface area (Å²) in [7, 11) is 0. The number of ether oxygens (including phenoxy) is 1. The number of hydrogen-bond acceptors (Lipinski definition) is 3. The number of nitrogens with one attached hydrogen (secondary N) is 2. The first kappa shape index (κ1) is 17.2. The molecule has 0 rings (SSSR count). The minimum absolute atomic E-state index is 0.0695. The largest absolute Gasteiger partial charge is 0.374 e.